The van der Waals surface area contributed by atoms with E-state index in [1.807, 2.05) is 25.1 Å². The van der Waals surface area contributed by atoms with E-state index in [1.54, 1.807) is 0 Å². The van der Waals surface area contributed by atoms with Crippen LogP contribution in [0.4, 0.5) is 0 Å². The SMILES string of the molecule is Cc1cc(Cl)ccc1CC(N)CO.Cl. The van der Waals surface area contributed by atoms with E-state index in [4.69, 9.17) is 22.4 Å². The first-order valence-electron chi connectivity index (χ1n) is 4.25. The van der Waals surface area contributed by atoms with Gasteiger partial charge in [0.05, 0.1) is 6.61 Å². The lowest BCUT2D eigenvalue weighted by Gasteiger charge is -2.10. The molecule has 0 saturated heterocycles. The van der Waals surface area contributed by atoms with Crippen molar-refractivity contribution in [3.63, 3.8) is 0 Å². The van der Waals surface area contributed by atoms with Crippen LogP contribution in [-0.2, 0) is 6.42 Å². The van der Waals surface area contributed by atoms with Crippen molar-refractivity contribution in [2.24, 2.45) is 5.73 Å². The van der Waals surface area contributed by atoms with Gasteiger partial charge >= 0.3 is 0 Å². The van der Waals surface area contributed by atoms with Crippen molar-refractivity contribution in [1.82, 2.24) is 0 Å². The predicted molar refractivity (Wildman–Crippen MR) is 62.2 cm³/mol. The van der Waals surface area contributed by atoms with Gasteiger partial charge in [0.25, 0.3) is 0 Å². The molecule has 2 nitrogen and oxygen atoms in total. The third-order valence-corrected chi connectivity index (χ3v) is 2.26. The summed E-state index contributed by atoms with van der Waals surface area (Å²) in [6.07, 6.45) is 0.694. The third-order valence-electron chi connectivity index (χ3n) is 2.02. The summed E-state index contributed by atoms with van der Waals surface area (Å²) in [6, 6.07) is 5.52. The van der Waals surface area contributed by atoms with Gasteiger partial charge < -0.3 is 10.8 Å². The Morgan fingerprint density at radius 2 is 2.14 bits per heavy atom. The molecule has 4 heteroatoms. The van der Waals surface area contributed by atoms with Crippen LogP contribution in [0.1, 0.15) is 11.1 Å². The summed E-state index contributed by atoms with van der Waals surface area (Å²) in [5.41, 5.74) is 7.90. The average molecular weight is 236 g/mol. The highest BCUT2D eigenvalue weighted by molar-refractivity contribution is 6.30. The van der Waals surface area contributed by atoms with E-state index in [2.05, 4.69) is 0 Å². The van der Waals surface area contributed by atoms with E-state index in [9.17, 15) is 0 Å². The van der Waals surface area contributed by atoms with E-state index in [0.717, 1.165) is 16.1 Å². The molecule has 0 radical (unpaired) electrons. The van der Waals surface area contributed by atoms with Crippen molar-refractivity contribution in [2.75, 3.05) is 6.61 Å². The Morgan fingerprint density at radius 1 is 1.50 bits per heavy atom. The fourth-order valence-corrected chi connectivity index (χ4v) is 1.46. The van der Waals surface area contributed by atoms with Crippen LogP contribution < -0.4 is 5.73 Å². The molecule has 0 aliphatic rings. The van der Waals surface area contributed by atoms with Crippen LogP contribution >= 0.6 is 24.0 Å². The second-order valence-electron chi connectivity index (χ2n) is 3.22. The molecule has 0 fully saturated rings. The molecule has 3 N–H and O–H groups in total. The van der Waals surface area contributed by atoms with Crippen LogP contribution in [0.15, 0.2) is 18.2 Å². The molecular weight excluding hydrogens is 221 g/mol. The number of halogens is 2. The van der Waals surface area contributed by atoms with E-state index in [1.165, 1.54) is 0 Å². The molecule has 0 aliphatic carbocycles. The maximum Gasteiger partial charge on any atom is 0.0585 e. The zero-order chi connectivity index (χ0) is 9.84. The summed E-state index contributed by atoms with van der Waals surface area (Å²) in [5, 5.41) is 9.53. The fourth-order valence-electron chi connectivity index (χ4n) is 1.24. The highest BCUT2D eigenvalue weighted by atomic mass is 35.5. The maximum atomic E-state index is 8.79. The van der Waals surface area contributed by atoms with E-state index >= 15 is 0 Å². The molecule has 0 heterocycles. The number of aliphatic hydroxyl groups excluding tert-OH is 1. The Hall–Kier alpha value is -0.280. The summed E-state index contributed by atoms with van der Waals surface area (Å²) in [4.78, 5) is 0. The normalized spacial score (nSPS) is 12.0. The van der Waals surface area contributed by atoms with Crippen molar-refractivity contribution >= 4 is 24.0 Å². The quantitative estimate of drug-likeness (QED) is 0.842. The topological polar surface area (TPSA) is 46.2 Å². The summed E-state index contributed by atoms with van der Waals surface area (Å²) in [7, 11) is 0. The monoisotopic (exact) mass is 235 g/mol. The van der Waals surface area contributed by atoms with Gasteiger partial charge in [0.1, 0.15) is 0 Å². The van der Waals surface area contributed by atoms with Crippen molar-refractivity contribution < 1.29 is 5.11 Å². The molecule has 0 spiro atoms. The summed E-state index contributed by atoms with van der Waals surface area (Å²) < 4.78 is 0. The second kappa shape index (κ2) is 6.25. The van der Waals surface area contributed by atoms with Gasteiger partial charge in [0.2, 0.25) is 0 Å². The van der Waals surface area contributed by atoms with E-state index < -0.39 is 0 Å². The van der Waals surface area contributed by atoms with Crippen LogP contribution in [-0.4, -0.2) is 17.8 Å². The number of aliphatic hydroxyl groups is 1. The zero-order valence-corrected chi connectivity index (χ0v) is 9.61. The Bertz CT molecular complexity index is 291. The number of aryl methyl sites for hydroxylation is 1. The Balaban J connectivity index is 0.00000169. The first-order valence-corrected chi connectivity index (χ1v) is 4.62. The highest BCUT2D eigenvalue weighted by Crippen LogP contribution is 2.16. The third kappa shape index (κ3) is 3.84. The van der Waals surface area contributed by atoms with E-state index in [-0.39, 0.29) is 25.1 Å². The number of hydrogen-bond acceptors (Lipinski definition) is 2. The van der Waals surface area contributed by atoms with Crippen molar-refractivity contribution in [2.45, 2.75) is 19.4 Å². The smallest absolute Gasteiger partial charge is 0.0585 e. The van der Waals surface area contributed by atoms with Gasteiger partial charge in [-0.15, -0.1) is 12.4 Å². The molecule has 80 valence electrons. The first-order chi connectivity index (χ1) is 6.13. The van der Waals surface area contributed by atoms with Gasteiger partial charge in [-0.25, -0.2) is 0 Å². The van der Waals surface area contributed by atoms with Crippen molar-refractivity contribution in [3.05, 3.63) is 34.3 Å². The summed E-state index contributed by atoms with van der Waals surface area (Å²) >= 11 is 5.81. The van der Waals surface area contributed by atoms with Gasteiger partial charge in [-0.2, -0.15) is 0 Å². The Morgan fingerprint density at radius 3 is 2.64 bits per heavy atom. The van der Waals surface area contributed by atoms with Crippen LogP contribution in [0.5, 0.6) is 0 Å². The van der Waals surface area contributed by atoms with Crippen molar-refractivity contribution in [1.29, 1.82) is 0 Å². The molecule has 1 aromatic carbocycles. The van der Waals surface area contributed by atoms with E-state index in [0.29, 0.717) is 6.42 Å². The van der Waals surface area contributed by atoms with Crippen LogP contribution in [0, 0.1) is 6.92 Å². The molecule has 0 amide bonds. The molecule has 14 heavy (non-hydrogen) atoms. The standard InChI is InChI=1S/C10H14ClNO.ClH/c1-7-4-9(11)3-2-8(7)5-10(12)6-13;/h2-4,10,13H,5-6,12H2,1H3;1H. The number of hydrogen-bond donors (Lipinski definition) is 2. The van der Waals surface area contributed by atoms with Gasteiger partial charge in [-0.3, -0.25) is 0 Å². The first kappa shape index (κ1) is 13.7. The Labute approximate surface area is 95.5 Å². The molecule has 1 rings (SSSR count). The molecule has 0 aliphatic heterocycles. The predicted octanol–water partition coefficient (Wildman–Crippen LogP) is 1.93. The molecule has 1 unspecified atom stereocenters. The highest BCUT2D eigenvalue weighted by Gasteiger charge is 2.04. The lowest BCUT2D eigenvalue weighted by atomic mass is 10.0. The Kier molecular flexibility index (Phi) is 6.12. The molecule has 1 aromatic rings. The van der Waals surface area contributed by atoms with Crippen LogP contribution in [0.3, 0.4) is 0 Å². The molecule has 0 bridgehead atoms. The number of benzene rings is 1. The number of rotatable bonds is 3. The minimum absolute atomic E-state index is 0. The lowest BCUT2D eigenvalue weighted by molar-refractivity contribution is 0.265. The summed E-state index contributed by atoms with van der Waals surface area (Å²) in [5.74, 6) is 0. The van der Waals surface area contributed by atoms with Crippen molar-refractivity contribution in [3.8, 4) is 0 Å². The maximum absolute atomic E-state index is 8.79. The molecule has 0 aromatic heterocycles. The zero-order valence-electron chi connectivity index (χ0n) is 8.03. The van der Waals surface area contributed by atoms with Gasteiger partial charge in [-0.05, 0) is 36.6 Å². The summed E-state index contributed by atoms with van der Waals surface area (Å²) in [6.45, 7) is 2.01. The molecule has 1 atom stereocenters. The second-order valence-corrected chi connectivity index (χ2v) is 3.65. The van der Waals surface area contributed by atoms with Crippen LogP contribution in [0.25, 0.3) is 0 Å². The largest absolute Gasteiger partial charge is 0.395 e. The number of nitrogens with two attached hydrogens (primary N) is 1. The molecular formula is C10H15Cl2NO. The average Bonchev–Trinajstić information content (AvgIpc) is 2.09. The van der Waals surface area contributed by atoms with Gasteiger partial charge in [0, 0.05) is 11.1 Å². The molecule has 0 saturated carbocycles. The minimum atomic E-state index is -0.181. The lowest BCUT2D eigenvalue weighted by Crippen LogP contribution is -2.27. The van der Waals surface area contributed by atoms with Gasteiger partial charge in [0.15, 0.2) is 0 Å². The van der Waals surface area contributed by atoms with Gasteiger partial charge in [-0.1, -0.05) is 17.7 Å². The fraction of sp³-hybridized carbons (Fsp3) is 0.400. The minimum Gasteiger partial charge on any atom is -0.395 e. The van der Waals surface area contributed by atoms with Crippen LogP contribution in [0.2, 0.25) is 5.02 Å².